The SMILES string of the molecule is NC(=O)c1cc(F)c(NC2CCCC[C@@H]2N)nc1Nc1cncc(NC(=O)c2cc3ccccc3s2)c1. The predicted octanol–water partition coefficient (Wildman–Crippen LogP) is 4.61. The van der Waals surface area contributed by atoms with Crippen molar-refractivity contribution in [1.82, 2.24) is 9.97 Å². The molecule has 1 aliphatic rings. The lowest BCUT2D eigenvalue weighted by Crippen LogP contribution is -2.43. The lowest BCUT2D eigenvalue weighted by molar-refractivity contribution is 0.0998. The third-order valence-electron chi connectivity index (χ3n) is 6.29. The van der Waals surface area contributed by atoms with Crippen molar-refractivity contribution in [3.8, 4) is 0 Å². The van der Waals surface area contributed by atoms with Crippen molar-refractivity contribution in [3.05, 3.63) is 71.1 Å². The second-order valence-corrected chi connectivity index (χ2v) is 10.1. The van der Waals surface area contributed by atoms with Gasteiger partial charge >= 0.3 is 0 Å². The van der Waals surface area contributed by atoms with Gasteiger partial charge < -0.3 is 27.4 Å². The molecule has 11 heteroatoms. The van der Waals surface area contributed by atoms with E-state index in [2.05, 4.69) is 25.9 Å². The standard InChI is InChI=1S/C26H26FN7O2S/c27-18-11-17(23(29)35)24(34-25(18)33-20-7-3-2-6-19(20)28)31-15-10-16(13-30-12-15)32-26(36)22-9-14-5-1-4-8-21(14)37-22/h1,4-5,8-13,19-20H,2-3,6-7,28H2,(H2,29,35)(H,32,36)(H2,31,33,34)/t19-,20?/m0/s1. The summed E-state index contributed by atoms with van der Waals surface area (Å²) in [4.78, 5) is 33.9. The minimum atomic E-state index is -0.836. The molecule has 3 heterocycles. The number of hydrogen-bond donors (Lipinski definition) is 5. The highest BCUT2D eigenvalue weighted by molar-refractivity contribution is 7.20. The second-order valence-electron chi connectivity index (χ2n) is 8.97. The molecule has 1 aliphatic carbocycles. The smallest absolute Gasteiger partial charge is 0.265 e. The maximum absolute atomic E-state index is 14.8. The van der Waals surface area contributed by atoms with Crippen molar-refractivity contribution in [2.75, 3.05) is 16.0 Å². The van der Waals surface area contributed by atoms with Gasteiger partial charge in [0.25, 0.3) is 11.8 Å². The van der Waals surface area contributed by atoms with E-state index in [9.17, 15) is 14.0 Å². The average Bonchev–Trinajstić information content (AvgIpc) is 3.32. The molecule has 0 radical (unpaired) electrons. The fourth-order valence-electron chi connectivity index (χ4n) is 4.39. The first-order chi connectivity index (χ1) is 17.9. The Morgan fingerprint density at radius 1 is 1.03 bits per heavy atom. The average molecular weight is 520 g/mol. The Labute approximate surface area is 216 Å². The monoisotopic (exact) mass is 519 g/mol. The number of thiophene rings is 1. The fraction of sp³-hybridized carbons (Fsp3) is 0.231. The van der Waals surface area contributed by atoms with Gasteiger partial charge in [-0.15, -0.1) is 11.3 Å². The number of carbonyl (C=O) groups is 2. The van der Waals surface area contributed by atoms with Gasteiger partial charge in [0, 0.05) is 16.8 Å². The molecule has 0 aliphatic heterocycles. The number of primary amides is 1. The van der Waals surface area contributed by atoms with Crippen molar-refractivity contribution < 1.29 is 14.0 Å². The number of anilines is 4. The van der Waals surface area contributed by atoms with Crippen molar-refractivity contribution >= 4 is 56.2 Å². The number of nitrogens with two attached hydrogens (primary N) is 2. The third kappa shape index (κ3) is 5.52. The summed E-state index contributed by atoms with van der Waals surface area (Å²) in [6, 6.07) is 12.0. The first kappa shape index (κ1) is 24.6. The molecule has 9 nitrogen and oxygen atoms in total. The molecule has 1 saturated carbocycles. The molecule has 2 amide bonds. The third-order valence-corrected chi connectivity index (χ3v) is 7.41. The molecule has 0 saturated heterocycles. The molecule has 5 rings (SSSR count). The predicted molar refractivity (Wildman–Crippen MR) is 144 cm³/mol. The Bertz CT molecular complexity index is 1440. The van der Waals surface area contributed by atoms with E-state index >= 15 is 0 Å². The molecule has 0 spiro atoms. The largest absolute Gasteiger partial charge is 0.365 e. The molecule has 2 atom stereocenters. The number of amides is 2. The Morgan fingerprint density at radius 3 is 2.59 bits per heavy atom. The van der Waals surface area contributed by atoms with Gasteiger partial charge in [0.1, 0.15) is 5.82 Å². The van der Waals surface area contributed by atoms with Crippen LogP contribution in [0.15, 0.2) is 54.9 Å². The number of rotatable bonds is 7. The fourth-order valence-corrected chi connectivity index (χ4v) is 5.35. The highest BCUT2D eigenvalue weighted by atomic mass is 32.1. The van der Waals surface area contributed by atoms with Crippen molar-refractivity contribution in [1.29, 1.82) is 0 Å². The van der Waals surface area contributed by atoms with Crippen LogP contribution in [0.4, 0.5) is 27.4 Å². The number of nitrogens with zero attached hydrogens (tertiary/aromatic N) is 2. The molecule has 7 N–H and O–H groups in total. The van der Waals surface area contributed by atoms with Crippen LogP contribution in [0.2, 0.25) is 0 Å². The van der Waals surface area contributed by atoms with E-state index < -0.39 is 11.7 Å². The van der Waals surface area contributed by atoms with Crippen molar-refractivity contribution in [2.24, 2.45) is 11.5 Å². The summed E-state index contributed by atoms with van der Waals surface area (Å²) in [5.74, 6) is -1.75. The molecule has 1 fully saturated rings. The molecule has 37 heavy (non-hydrogen) atoms. The van der Waals surface area contributed by atoms with Crippen LogP contribution < -0.4 is 27.4 Å². The van der Waals surface area contributed by atoms with E-state index in [0.29, 0.717) is 16.3 Å². The van der Waals surface area contributed by atoms with Gasteiger partial charge in [0.15, 0.2) is 11.6 Å². The molecule has 3 aromatic heterocycles. The van der Waals surface area contributed by atoms with E-state index in [-0.39, 0.29) is 35.2 Å². The highest BCUT2D eigenvalue weighted by Crippen LogP contribution is 2.29. The molecular weight excluding hydrogens is 493 g/mol. The van der Waals surface area contributed by atoms with E-state index in [1.165, 1.54) is 23.7 Å². The summed E-state index contributed by atoms with van der Waals surface area (Å²) < 4.78 is 15.8. The number of carbonyl (C=O) groups excluding carboxylic acids is 2. The Balaban J connectivity index is 1.37. The number of hydrogen-bond acceptors (Lipinski definition) is 8. The Morgan fingerprint density at radius 2 is 1.81 bits per heavy atom. The van der Waals surface area contributed by atoms with Gasteiger partial charge in [-0.1, -0.05) is 31.0 Å². The first-order valence-corrected chi connectivity index (χ1v) is 12.7. The van der Waals surface area contributed by atoms with Gasteiger partial charge in [-0.25, -0.2) is 9.37 Å². The molecule has 1 unspecified atom stereocenters. The molecule has 4 aromatic rings. The van der Waals surface area contributed by atoms with Gasteiger partial charge in [-0.05, 0) is 42.5 Å². The summed E-state index contributed by atoms with van der Waals surface area (Å²) in [5.41, 5.74) is 12.4. The number of halogens is 1. The van der Waals surface area contributed by atoms with E-state index in [1.807, 2.05) is 30.3 Å². The van der Waals surface area contributed by atoms with E-state index in [0.717, 1.165) is 41.8 Å². The molecular formula is C26H26FN7O2S. The number of aromatic nitrogens is 2. The van der Waals surface area contributed by atoms with Crippen LogP contribution in [0.3, 0.4) is 0 Å². The highest BCUT2D eigenvalue weighted by Gasteiger charge is 2.24. The van der Waals surface area contributed by atoms with Crippen molar-refractivity contribution in [2.45, 2.75) is 37.8 Å². The normalized spacial score (nSPS) is 17.4. The summed E-state index contributed by atoms with van der Waals surface area (Å²) in [7, 11) is 0. The zero-order chi connectivity index (χ0) is 25.9. The van der Waals surface area contributed by atoms with Crippen LogP contribution in [0, 0.1) is 5.82 Å². The lowest BCUT2D eigenvalue weighted by atomic mass is 9.91. The maximum atomic E-state index is 14.8. The van der Waals surface area contributed by atoms with E-state index in [1.54, 1.807) is 6.07 Å². The van der Waals surface area contributed by atoms with Crippen LogP contribution in [0.25, 0.3) is 10.1 Å². The zero-order valence-corrected chi connectivity index (χ0v) is 20.6. The topological polar surface area (TPSA) is 148 Å². The first-order valence-electron chi connectivity index (χ1n) is 11.9. The summed E-state index contributed by atoms with van der Waals surface area (Å²) in [6.45, 7) is 0. The Kier molecular flexibility index (Phi) is 6.97. The second kappa shape index (κ2) is 10.5. The number of pyridine rings is 2. The van der Waals surface area contributed by atoms with Gasteiger partial charge in [0.2, 0.25) is 0 Å². The molecule has 0 bridgehead atoms. The minimum absolute atomic E-state index is 0.0166. The maximum Gasteiger partial charge on any atom is 0.265 e. The zero-order valence-electron chi connectivity index (χ0n) is 19.8. The van der Waals surface area contributed by atoms with Gasteiger partial charge in [0.05, 0.1) is 34.2 Å². The summed E-state index contributed by atoms with van der Waals surface area (Å²) in [5, 5.41) is 9.89. The number of benzene rings is 1. The van der Waals surface area contributed by atoms with Crippen LogP contribution in [-0.2, 0) is 0 Å². The molecule has 1 aromatic carbocycles. The minimum Gasteiger partial charge on any atom is -0.365 e. The van der Waals surface area contributed by atoms with Crippen LogP contribution in [0.5, 0.6) is 0 Å². The summed E-state index contributed by atoms with van der Waals surface area (Å²) in [6.07, 6.45) is 6.66. The van der Waals surface area contributed by atoms with Gasteiger partial charge in [-0.3, -0.25) is 14.6 Å². The van der Waals surface area contributed by atoms with E-state index in [4.69, 9.17) is 11.5 Å². The Hall–Kier alpha value is -4.09. The van der Waals surface area contributed by atoms with Crippen molar-refractivity contribution in [3.63, 3.8) is 0 Å². The summed E-state index contributed by atoms with van der Waals surface area (Å²) >= 11 is 1.39. The number of nitrogens with one attached hydrogen (secondary N) is 3. The lowest BCUT2D eigenvalue weighted by Gasteiger charge is -2.30. The van der Waals surface area contributed by atoms with Crippen LogP contribution in [-0.4, -0.2) is 33.9 Å². The van der Waals surface area contributed by atoms with Crippen LogP contribution >= 0.6 is 11.3 Å². The number of fused-ring (bicyclic) bond motifs is 1. The van der Waals surface area contributed by atoms with Gasteiger partial charge in [-0.2, -0.15) is 0 Å². The quantitative estimate of drug-likeness (QED) is 0.239. The van der Waals surface area contributed by atoms with Crippen LogP contribution in [0.1, 0.15) is 45.7 Å². The molecule has 190 valence electrons.